The highest BCUT2D eigenvalue weighted by molar-refractivity contribution is 8.00. The number of hydrogen-bond donors (Lipinski definition) is 2. The van der Waals surface area contributed by atoms with E-state index >= 15 is 0 Å². The van der Waals surface area contributed by atoms with Crippen LogP contribution in [0.1, 0.15) is 0 Å². The highest BCUT2D eigenvalue weighted by Gasteiger charge is 2.25. The molecule has 88 valence electrons. The van der Waals surface area contributed by atoms with Crippen LogP contribution in [0.3, 0.4) is 0 Å². The summed E-state index contributed by atoms with van der Waals surface area (Å²) in [5.41, 5.74) is 0. The van der Waals surface area contributed by atoms with E-state index in [0.717, 1.165) is 6.54 Å². The molecule has 0 unspecified atom stereocenters. The topological polar surface area (TPSA) is 32.3 Å². The van der Waals surface area contributed by atoms with Crippen molar-refractivity contribution in [1.29, 1.82) is 0 Å². The Kier molecular flexibility index (Phi) is 3.05. The summed E-state index contributed by atoms with van der Waals surface area (Å²) in [4.78, 5) is 1.23. The number of hydrogen-bond acceptors (Lipinski definition) is 3. The van der Waals surface area contributed by atoms with Crippen LogP contribution in [0.25, 0.3) is 10.8 Å². The first kappa shape index (κ1) is 11.1. The fourth-order valence-corrected chi connectivity index (χ4v) is 3.32. The fraction of sp³-hybridized carbons (Fsp3) is 0.286. The smallest absolute Gasteiger partial charge is 0.0798 e. The summed E-state index contributed by atoms with van der Waals surface area (Å²) in [6.45, 7) is 1.60. The molecule has 0 spiro atoms. The molecule has 2 nitrogen and oxygen atoms in total. The lowest BCUT2D eigenvalue weighted by Crippen LogP contribution is -2.19. The van der Waals surface area contributed by atoms with Gasteiger partial charge in [0.15, 0.2) is 0 Å². The molecule has 0 aliphatic carbocycles. The SMILES string of the molecule is O[C@@H]1CNC[C@H]1Sc1ccc2ccccc2c1. The predicted molar refractivity (Wildman–Crippen MR) is 72.5 cm³/mol. The molecule has 0 radical (unpaired) electrons. The molecular formula is C14H15NOS. The van der Waals surface area contributed by atoms with Crippen LogP contribution in [0.5, 0.6) is 0 Å². The summed E-state index contributed by atoms with van der Waals surface area (Å²) in [6.07, 6.45) is -0.230. The minimum atomic E-state index is -0.230. The van der Waals surface area contributed by atoms with E-state index in [1.54, 1.807) is 11.8 Å². The van der Waals surface area contributed by atoms with Crippen LogP contribution in [0.15, 0.2) is 47.4 Å². The number of thioether (sulfide) groups is 1. The highest BCUT2D eigenvalue weighted by atomic mass is 32.2. The van der Waals surface area contributed by atoms with Gasteiger partial charge in [0.2, 0.25) is 0 Å². The summed E-state index contributed by atoms with van der Waals surface area (Å²) in [7, 11) is 0. The number of rotatable bonds is 2. The van der Waals surface area contributed by atoms with E-state index in [1.165, 1.54) is 15.7 Å². The van der Waals surface area contributed by atoms with Crippen LogP contribution >= 0.6 is 11.8 Å². The molecule has 1 aliphatic heterocycles. The largest absolute Gasteiger partial charge is 0.391 e. The zero-order valence-corrected chi connectivity index (χ0v) is 10.3. The monoisotopic (exact) mass is 245 g/mol. The van der Waals surface area contributed by atoms with Crippen molar-refractivity contribution in [3.8, 4) is 0 Å². The molecule has 2 atom stereocenters. The quantitative estimate of drug-likeness (QED) is 0.851. The van der Waals surface area contributed by atoms with Gasteiger partial charge in [0.05, 0.1) is 6.10 Å². The van der Waals surface area contributed by atoms with Crippen molar-refractivity contribution >= 4 is 22.5 Å². The van der Waals surface area contributed by atoms with Crippen molar-refractivity contribution in [3.05, 3.63) is 42.5 Å². The van der Waals surface area contributed by atoms with Gasteiger partial charge in [0.25, 0.3) is 0 Å². The van der Waals surface area contributed by atoms with Gasteiger partial charge in [0, 0.05) is 23.2 Å². The van der Waals surface area contributed by atoms with Crippen molar-refractivity contribution in [2.75, 3.05) is 13.1 Å². The van der Waals surface area contributed by atoms with E-state index in [0.29, 0.717) is 6.54 Å². The Morgan fingerprint density at radius 1 is 1.06 bits per heavy atom. The van der Waals surface area contributed by atoms with Gasteiger partial charge >= 0.3 is 0 Å². The molecule has 1 saturated heterocycles. The molecular weight excluding hydrogens is 230 g/mol. The van der Waals surface area contributed by atoms with E-state index in [1.807, 2.05) is 0 Å². The Balaban J connectivity index is 1.85. The Hall–Kier alpha value is -1.03. The average molecular weight is 245 g/mol. The van der Waals surface area contributed by atoms with E-state index < -0.39 is 0 Å². The number of nitrogens with one attached hydrogen (secondary N) is 1. The third kappa shape index (κ3) is 2.32. The standard InChI is InChI=1S/C14H15NOS/c16-13-8-15-9-14(13)17-12-6-5-10-3-1-2-4-11(10)7-12/h1-7,13-16H,8-9H2/t13-,14-/m1/s1. The molecule has 2 aromatic carbocycles. The third-order valence-electron chi connectivity index (χ3n) is 3.14. The van der Waals surface area contributed by atoms with E-state index in [2.05, 4.69) is 47.8 Å². The van der Waals surface area contributed by atoms with Gasteiger partial charge in [-0.1, -0.05) is 30.3 Å². The molecule has 0 saturated carbocycles. The van der Waals surface area contributed by atoms with Crippen molar-refractivity contribution in [2.45, 2.75) is 16.2 Å². The molecule has 3 rings (SSSR count). The van der Waals surface area contributed by atoms with Gasteiger partial charge in [0.1, 0.15) is 0 Å². The molecule has 0 amide bonds. The van der Waals surface area contributed by atoms with E-state index in [4.69, 9.17) is 0 Å². The van der Waals surface area contributed by atoms with Crippen LogP contribution in [0, 0.1) is 0 Å². The van der Waals surface area contributed by atoms with Crippen molar-refractivity contribution in [2.24, 2.45) is 0 Å². The van der Waals surface area contributed by atoms with Crippen LogP contribution in [0.2, 0.25) is 0 Å². The molecule has 2 N–H and O–H groups in total. The van der Waals surface area contributed by atoms with Gasteiger partial charge < -0.3 is 10.4 Å². The Labute approximate surface area is 105 Å². The zero-order valence-electron chi connectivity index (χ0n) is 9.47. The molecule has 1 heterocycles. The number of benzene rings is 2. The van der Waals surface area contributed by atoms with Crippen molar-refractivity contribution in [3.63, 3.8) is 0 Å². The molecule has 1 aliphatic rings. The van der Waals surface area contributed by atoms with E-state index in [9.17, 15) is 5.11 Å². The Morgan fingerprint density at radius 2 is 1.88 bits per heavy atom. The number of aliphatic hydroxyl groups excluding tert-OH is 1. The lowest BCUT2D eigenvalue weighted by Gasteiger charge is -2.13. The lowest BCUT2D eigenvalue weighted by molar-refractivity contribution is 0.201. The number of aliphatic hydroxyl groups is 1. The minimum absolute atomic E-state index is 0.230. The lowest BCUT2D eigenvalue weighted by atomic mass is 10.1. The Bertz CT molecular complexity index is 528. The number of fused-ring (bicyclic) bond motifs is 1. The molecule has 2 aromatic rings. The van der Waals surface area contributed by atoms with Gasteiger partial charge in [-0.15, -0.1) is 11.8 Å². The van der Waals surface area contributed by atoms with Gasteiger partial charge in [-0.05, 0) is 22.9 Å². The second kappa shape index (κ2) is 4.69. The summed E-state index contributed by atoms with van der Waals surface area (Å²) in [6, 6.07) is 14.8. The zero-order chi connectivity index (χ0) is 11.7. The molecule has 0 aromatic heterocycles. The first-order valence-electron chi connectivity index (χ1n) is 5.87. The predicted octanol–water partition coefficient (Wildman–Crippen LogP) is 2.26. The molecule has 17 heavy (non-hydrogen) atoms. The minimum Gasteiger partial charge on any atom is -0.391 e. The maximum atomic E-state index is 9.78. The van der Waals surface area contributed by atoms with Gasteiger partial charge in [-0.25, -0.2) is 0 Å². The third-order valence-corrected chi connectivity index (χ3v) is 4.45. The summed E-state index contributed by atoms with van der Waals surface area (Å²) >= 11 is 1.76. The van der Waals surface area contributed by atoms with Crippen LogP contribution in [-0.2, 0) is 0 Å². The van der Waals surface area contributed by atoms with Gasteiger partial charge in [-0.2, -0.15) is 0 Å². The second-order valence-corrected chi connectivity index (χ2v) is 5.70. The van der Waals surface area contributed by atoms with Gasteiger partial charge in [-0.3, -0.25) is 0 Å². The van der Waals surface area contributed by atoms with Crippen LogP contribution < -0.4 is 5.32 Å². The summed E-state index contributed by atoms with van der Waals surface area (Å²) in [5, 5.41) is 15.8. The maximum absolute atomic E-state index is 9.78. The fourth-order valence-electron chi connectivity index (χ4n) is 2.18. The highest BCUT2D eigenvalue weighted by Crippen LogP contribution is 2.29. The maximum Gasteiger partial charge on any atom is 0.0798 e. The first-order valence-corrected chi connectivity index (χ1v) is 6.75. The van der Waals surface area contributed by atoms with Crippen LogP contribution in [-0.4, -0.2) is 29.5 Å². The van der Waals surface area contributed by atoms with Crippen molar-refractivity contribution in [1.82, 2.24) is 5.32 Å². The van der Waals surface area contributed by atoms with Crippen molar-refractivity contribution < 1.29 is 5.11 Å². The summed E-state index contributed by atoms with van der Waals surface area (Å²) < 4.78 is 0. The second-order valence-electron chi connectivity index (χ2n) is 4.39. The summed E-state index contributed by atoms with van der Waals surface area (Å²) in [5.74, 6) is 0. The molecule has 3 heteroatoms. The average Bonchev–Trinajstić information content (AvgIpc) is 2.75. The van der Waals surface area contributed by atoms with E-state index in [-0.39, 0.29) is 11.4 Å². The first-order chi connectivity index (χ1) is 8.33. The Morgan fingerprint density at radius 3 is 2.65 bits per heavy atom. The number of β-amino-alcohol motifs (C(OH)–C–C–N with tert-alkyl or cyclic N) is 1. The molecule has 0 bridgehead atoms. The van der Waals surface area contributed by atoms with Crippen LogP contribution in [0.4, 0.5) is 0 Å². The molecule has 1 fully saturated rings. The normalized spacial score (nSPS) is 24.3.